The van der Waals surface area contributed by atoms with Gasteiger partial charge in [-0.1, -0.05) is 35.8 Å². The van der Waals surface area contributed by atoms with E-state index in [-0.39, 0.29) is 0 Å². The number of hydrogen-bond donors (Lipinski definition) is 2. The van der Waals surface area contributed by atoms with Crippen LogP contribution in [0.3, 0.4) is 0 Å². The number of hydrogen-bond acceptors (Lipinski definition) is 2. The van der Waals surface area contributed by atoms with Gasteiger partial charge in [0, 0.05) is 17.1 Å². The highest BCUT2D eigenvalue weighted by Crippen LogP contribution is 2.40. The molecule has 0 heterocycles. The Bertz CT molecular complexity index is 516. The average Bonchev–Trinajstić information content (AvgIpc) is 2.83. The molecule has 0 bridgehead atoms. The summed E-state index contributed by atoms with van der Waals surface area (Å²) in [6.07, 6.45) is 6.38. The molecule has 3 heteroatoms. The number of nitrogens with one attached hydrogen (secondary N) is 1. The summed E-state index contributed by atoms with van der Waals surface area (Å²) in [6.45, 7) is 5.35. The van der Waals surface area contributed by atoms with Crippen LogP contribution in [0.2, 0.25) is 0 Å². The van der Waals surface area contributed by atoms with Crippen molar-refractivity contribution in [1.82, 2.24) is 5.32 Å². The minimum absolute atomic E-state index is 0.401. The lowest BCUT2D eigenvalue weighted by Gasteiger charge is -2.40. The van der Waals surface area contributed by atoms with Crippen molar-refractivity contribution in [1.29, 1.82) is 0 Å². The van der Waals surface area contributed by atoms with Gasteiger partial charge in [-0.05, 0) is 67.2 Å². The Balaban J connectivity index is 1.60. The molecule has 1 saturated carbocycles. The Morgan fingerprint density at radius 3 is 2.67 bits per heavy atom. The van der Waals surface area contributed by atoms with Crippen molar-refractivity contribution < 1.29 is 5.11 Å². The highest BCUT2D eigenvalue weighted by atomic mass is 79.9. The first-order valence-corrected chi connectivity index (χ1v) is 8.90. The van der Waals surface area contributed by atoms with Gasteiger partial charge in [-0.25, -0.2) is 0 Å². The molecule has 0 aromatic heterocycles. The molecular weight excluding hydrogens is 326 g/mol. The minimum Gasteiger partial charge on any atom is -0.389 e. The van der Waals surface area contributed by atoms with E-state index in [0.717, 1.165) is 49.5 Å². The molecule has 1 fully saturated rings. The van der Waals surface area contributed by atoms with Crippen molar-refractivity contribution in [2.45, 2.75) is 64.0 Å². The standard InChI is InChI=1S/C18H26BrNO/c1-17(2)7-9-18(21,10-8-17)12-20-16-6-3-13-11-14(19)4-5-15(13)16/h4-5,11,16,20-21H,3,6-10,12H2,1-2H3. The molecule has 2 N–H and O–H groups in total. The maximum absolute atomic E-state index is 10.8. The fraction of sp³-hybridized carbons (Fsp3) is 0.667. The van der Waals surface area contributed by atoms with Crippen molar-refractivity contribution in [3.63, 3.8) is 0 Å². The van der Waals surface area contributed by atoms with Crippen LogP contribution in [0.1, 0.15) is 63.1 Å². The molecular formula is C18H26BrNO. The van der Waals surface area contributed by atoms with Crippen molar-refractivity contribution in [2.75, 3.05) is 6.54 Å². The van der Waals surface area contributed by atoms with Crippen molar-refractivity contribution in [3.05, 3.63) is 33.8 Å². The SMILES string of the molecule is CC1(C)CCC(O)(CNC2CCc3cc(Br)ccc32)CC1. The van der Waals surface area contributed by atoms with Gasteiger partial charge >= 0.3 is 0 Å². The maximum atomic E-state index is 10.8. The smallest absolute Gasteiger partial charge is 0.0772 e. The first kappa shape index (κ1) is 15.5. The van der Waals surface area contributed by atoms with E-state index in [4.69, 9.17) is 0 Å². The van der Waals surface area contributed by atoms with Gasteiger partial charge in [0.15, 0.2) is 0 Å². The third kappa shape index (κ3) is 3.52. The van der Waals surface area contributed by atoms with E-state index in [1.165, 1.54) is 11.1 Å². The number of halogens is 1. The van der Waals surface area contributed by atoms with Crippen LogP contribution in [-0.2, 0) is 6.42 Å². The van der Waals surface area contributed by atoms with E-state index < -0.39 is 5.60 Å². The number of aryl methyl sites for hydroxylation is 1. The first-order valence-electron chi connectivity index (χ1n) is 8.11. The van der Waals surface area contributed by atoms with Gasteiger partial charge in [-0.2, -0.15) is 0 Å². The molecule has 0 radical (unpaired) electrons. The first-order chi connectivity index (χ1) is 9.87. The highest BCUT2D eigenvalue weighted by Gasteiger charge is 2.37. The van der Waals surface area contributed by atoms with Crippen molar-refractivity contribution >= 4 is 15.9 Å². The maximum Gasteiger partial charge on any atom is 0.0772 e. The zero-order chi connectivity index (χ0) is 15.1. The van der Waals surface area contributed by atoms with Crippen LogP contribution >= 0.6 is 15.9 Å². The number of rotatable bonds is 3. The predicted octanol–water partition coefficient (Wildman–Crippen LogP) is 4.36. The summed E-state index contributed by atoms with van der Waals surface area (Å²) in [5.74, 6) is 0. The Morgan fingerprint density at radius 2 is 1.95 bits per heavy atom. The van der Waals surface area contributed by atoms with Gasteiger partial charge in [0.25, 0.3) is 0 Å². The van der Waals surface area contributed by atoms with E-state index >= 15 is 0 Å². The largest absolute Gasteiger partial charge is 0.389 e. The summed E-state index contributed by atoms with van der Waals surface area (Å²) < 4.78 is 1.16. The van der Waals surface area contributed by atoms with Crippen LogP contribution in [0.5, 0.6) is 0 Å². The topological polar surface area (TPSA) is 32.3 Å². The molecule has 0 saturated heterocycles. The Labute approximate surface area is 136 Å². The fourth-order valence-electron chi connectivity index (χ4n) is 3.68. The molecule has 0 aliphatic heterocycles. The second-order valence-electron chi connectivity index (χ2n) is 7.70. The molecule has 1 aromatic rings. The lowest BCUT2D eigenvalue weighted by atomic mass is 9.71. The fourth-order valence-corrected chi connectivity index (χ4v) is 4.09. The zero-order valence-electron chi connectivity index (χ0n) is 13.1. The highest BCUT2D eigenvalue weighted by molar-refractivity contribution is 9.10. The summed E-state index contributed by atoms with van der Waals surface area (Å²) in [5.41, 5.74) is 2.75. The van der Waals surface area contributed by atoms with E-state index in [0.29, 0.717) is 11.5 Å². The van der Waals surface area contributed by atoms with Gasteiger partial charge in [-0.3, -0.25) is 0 Å². The summed E-state index contributed by atoms with van der Waals surface area (Å²) in [7, 11) is 0. The molecule has 116 valence electrons. The van der Waals surface area contributed by atoms with Crippen LogP contribution in [0.15, 0.2) is 22.7 Å². The van der Waals surface area contributed by atoms with E-state index in [1.807, 2.05) is 0 Å². The molecule has 0 spiro atoms. The molecule has 21 heavy (non-hydrogen) atoms. The van der Waals surface area contributed by atoms with Gasteiger partial charge in [-0.15, -0.1) is 0 Å². The quantitative estimate of drug-likeness (QED) is 0.847. The average molecular weight is 352 g/mol. The Morgan fingerprint density at radius 1 is 1.24 bits per heavy atom. The normalized spacial score (nSPS) is 26.6. The number of aliphatic hydroxyl groups is 1. The summed E-state index contributed by atoms with van der Waals surface area (Å²) in [6, 6.07) is 6.98. The van der Waals surface area contributed by atoms with Crippen LogP contribution in [0.4, 0.5) is 0 Å². The van der Waals surface area contributed by atoms with Gasteiger partial charge < -0.3 is 10.4 Å². The second kappa shape index (κ2) is 5.68. The van der Waals surface area contributed by atoms with Crippen LogP contribution in [0.25, 0.3) is 0 Å². The van der Waals surface area contributed by atoms with Gasteiger partial charge in [0.1, 0.15) is 0 Å². The predicted molar refractivity (Wildman–Crippen MR) is 90.4 cm³/mol. The van der Waals surface area contributed by atoms with Crippen LogP contribution in [0, 0.1) is 5.41 Å². The molecule has 0 amide bonds. The lowest BCUT2D eigenvalue weighted by Crippen LogP contribution is -2.45. The minimum atomic E-state index is -0.506. The monoisotopic (exact) mass is 351 g/mol. The Kier molecular flexibility index (Phi) is 4.19. The van der Waals surface area contributed by atoms with E-state index in [1.54, 1.807) is 0 Å². The number of benzene rings is 1. The molecule has 1 aromatic carbocycles. The third-order valence-electron chi connectivity index (χ3n) is 5.39. The van der Waals surface area contributed by atoms with Crippen LogP contribution < -0.4 is 5.32 Å². The molecule has 3 rings (SSSR count). The van der Waals surface area contributed by atoms with Gasteiger partial charge in [0.05, 0.1) is 5.60 Å². The summed E-state index contributed by atoms with van der Waals surface area (Å²) >= 11 is 3.55. The molecule has 1 atom stereocenters. The molecule has 2 aliphatic rings. The summed E-state index contributed by atoms with van der Waals surface area (Å²) in [5, 5.41) is 14.4. The molecule has 2 aliphatic carbocycles. The van der Waals surface area contributed by atoms with Crippen molar-refractivity contribution in [3.8, 4) is 0 Å². The molecule has 1 unspecified atom stereocenters. The van der Waals surface area contributed by atoms with E-state index in [9.17, 15) is 5.11 Å². The van der Waals surface area contributed by atoms with E-state index in [2.05, 4.69) is 53.3 Å². The third-order valence-corrected chi connectivity index (χ3v) is 5.89. The number of fused-ring (bicyclic) bond motifs is 1. The van der Waals surface area contributed by atoms with Crippen molar-refractivity contribution in [2.24, 2.45) is 5.41 Å². The van der Waals surface area contributed by atoms with Crippen LogP contribution in [-0.4, -0.2) is 17.3 Å². The zero-order valence-corrected chi connectivity index (χ0v) is 14.7. The summed E-state index contributed by atoms with van der Waals surface area (Å²) in [4.78, 5) is 0. The van der Waals surface area contributed by atoms with Gasteiger partial charge in [0.2, 0.25) is 0 Å². The Hall–Kier alpha value is -0.380. The molecule has 2 nitrogen and oxygen atoms in total. The second-order valence-corrected chi connectivity index (χ2v) is 8.62. The lowest BCUT2D eigenvalue weighted by molar-refractivity contribution is -0.0261.